The van der Waals surface area contributed by atoms with Crippen LogP contribution in [0.15, 0.2) is 17.9 Å². The SMILES string of the molecule is CCOCC(=O)OC1=C(c2c(CC)cc(C)cc2CC)C(=O)NC12CCC(OC)CC2. The van der Waals surface area contributed by atoms with E-state index in [1.165, 1.54) is 5.56 Å². The molecule has 3 rings (SSSR count). The van der Waals surface area contributed by atoms with Gasteiger partial charge in [-0.05, 0) is 69.1 Å². The van der Waals surface area contributed by atoms with Gasteiger partial charge in [0.25, 0.3) is 5.91 Å². The van der Waals surface area contributed by atoms with E-state index in [0.29, 0.717) is 30.8 Å². The highest BCUT2D eigenvalue weighted by Gasteiger charge is 2.50. The lowest BCUT2D eigenvalue weighted by molar-refractivity contribution is -0.146. The normalized spacial score (nSPS) is 23.4. The van der Waals surface area contributed by atoms with E-state index in [9.17, 15) is 9.59 Å². The van der Waals surface area contributed by atoms with Gasteiger partial charge < -0.3 is 19.5 Å². The summed E-state index contributed by atoms with van der Waals surface area (Å²) >= 11 is 0. The predicted octanol–water partition coefficient (Wildman–Crippen LogP) is 3.87. The van der Waals surface area contributed by atoms with Crippen LogP contribution in [0.4, 0.5) is 0 Å². The molecule has 0 atom stereocenters. The van der Waals surface area contributed by atoms with Crippen molar-refractivity contribution in [3.05, 3.63) is 40.1 Å². The summed E-state index contributed by atoms with van der Waals surface area (Å²) in [7, 11) is 1.72. The van der Waals surface area contributed by atoms with E-state index in [2.05, 4.69) is 38.2 Å². The van der Waals surface area contributed by atoms with E-state index in [0.717, 1.165) is 42.4 Å². The highest BCUT2D eigenvalue weighted by atomic mass is 16.6. The third-order valence-electron chi connectivity index (χ3n) is 6.46. The van der Waals surface area contributed by atoms with Gasteiger partial charge in [0, 0.05) is 13.7 Å². The predicted molar refractivity (Wildman–Crippen MR) is 120 cm³/mol. The van der Waals surface area contributed by atoms with E-state index >= 15 is 0 Å². The van der Waals surface area contributed by atoms with Crippen LogP contribution >= 0.6 is 0 Å². The van der Waals surface area contributed by atoms with Crippen LogP contribution in [0.3, 0.4) is 0 Å². The van der Waals surface area contributed by atoms with Crippen LogP contribution in [0.25, 0.3) is 5.57 Å². The first-order valence-corrected chi connectivity index (χ1v) is 11.4. The summed E-state index contributed by atoms with van der Waals surface area (Å²) in [6, 6.07) is 4.25. The zero-order chi connectivity index (χ0) is 22.6. The molecule has 1 aromatic rings. The van der Waals surface area contributed by atoms with E-state index in [4.69, 9.17) is 14.2 Å². The molecule has 0 bridgehead atoms. The van der Waals surface area contributed by atoms with Gasteiger partial charge in [0.1, 0.15) is 12.4 Å². The van der Waals surface area contributed by atoms with Gasteiger partial charge in [-0.1, -0.05) is 31.5 Å². The number of carbonyl (C=O) groups excluding carboxylic acids is 2. The number of rotatable bonds is 8. The Morgan fingerprint density at radius 3 is 2.26 bits per heavy atom. The summed E-state index contributed by atoms with van der Waals surface area (Å²) in [6.07, 6.45) is 4.68. The fraction of sp³-hybridized carbons (Fsp3) is 0.600. The minimum absolute atomic E-state index is 0.132. The maximum atomic E-state index is 13.4. The molecule has 6 heteroatoms. The lowest BCUT2D eigenvalue weighted by atomic mass is 9.78. The van der Waals surface area contributed by atoms with E-state index in [1.54, 1.807) is 7.11 Å². The first-order valence-electron chi connectivity index (χ1n) is 11.4. The molecular weight excluding hydrogens is 394 g/mol. The molecule has 1 aliphatic heterocycles. The van der Waals surface area contributed by atoms with Crippen LogP contribution in [-0.2, 0) is 36.6 Å². The molecule has 2 aliphatic rings. The molecule has 1 spiro atoms. The number of nitrogens with one attached hydrogen (secondary N) is 1. The zero-order valence-corrected chi connectivity index (χ0v) is 19.4. The molecule has 6 nitrogen and oxygen atoms in total. The minimum Gasteiger partial charge on any atom is -0.426 e. The molecular formula is C25H35NO5. The van der Waals surface area contributed by atoms with Crippen LogP contribution < -0.4 is 5.32 Å². The summed E-state index contributed by atoms with van der Waals surface area (Å²) < 4.78 is 16.7. The fourth-order valence-electron chi connectivity index (χ4n) is 4.88. The molecule has 1 amide bonds. The quantitative estimate of drug-likeness (QED) is 0.635. The van der Waals surface area contributed by atoms with Gasteiger partial charge in [0.05, 0.1) is 17.2 Å². The zero-order valence-electron chi connectivity index (χ0n) is 19.4. The van der Waals surface area contributed by atoms with Gasteiger partial charge in [0.15, 0.2) is 0 Å². The maximum Gasteiger partial charge on any atom is 0.337 e. The molecule has 1 aromatic carbocycles. The van der Waals surface area contributed by atoms with E-state index in [1.807, 2.05) is 6.92 Å². The summed E-state index contributed by atoms with van der Waals surface area (Å²) in [6.45, 7) is 8.38. The number of hydrogen-bond donors (Lipinski definition) is 1. The van der Waals surface area contributed by atoms with E-state index < -0.39 is 11.5 Å². The molecule has 170 valence electrons. The molecule has 0 aromatic heterocycles. The van der Waals surface area contributed by atoms with E-state index in [-0.39, 0.29) is 18.6 Å². The van der Waals surface area contributed by atoms with Crippen LogP contribution in [0, 0.1) is 6.92 Å². The van der Waals surface area contributed by atoms with Crippen molar-refractivity contribution < 1.29 is 23.8 Å². The molecule has 0 radical (unpaired) electrons. The van der Waals surface area contributed by atoms with Gasteiger partial charge in [-0.15, -0.1) is 0 Å². The van der Waals surface area contributed by atoms with Crippen LogP contribution in [0.1, 0.15) is 68.7 Å². The van der Waals surface area contributed by atoms with Gasteiger partial charge in [-0.2, -0.15) is 0 Å². The smallest absolute Gasteiger partial charge is 0.337 e. The molecule has 1 fully saturated rings. The molecule has 1 saturated carbocycles. The van der Waals surface area contributed by atoms with Crippen LogP contribution in [0.2, 0.25) is 0 Å². The lowest BCUT2D eigenvalue weighted by Crippen LogP contribution is -2.49. The summed E-state index contributed by atoms with van der Waals surface area (Å²) in [5.41, 5.74) is 4.12. The van der Waals surface area contributed by atoms with Crippen molar-refractivity contribution in [2.45, 2.75) is 77.9 Å². The second kappa shape index (κ2) is 9.96. The van der Waals surface area contributed by atoms with Crippen LogP contribution in [0.5, 0.6) is 0 Å². The summed E-state index contributed by atoms with van der Waals surface area (Å²) in [5, 5.41) is 3.20. The standard InChI is InChI=1S/C25H35NO5/c1-6-17-13-16(4)14-18(7-2)21(17)22-23(31-20(27)15-30-8-3)25(26-24(22)28)11-9-19(29-5)10-12-25/h13-14,19H,6-12,15H2,1-5H3,(H,26,28). The molecule has 1 N–H and O–H groups in total. The lowest BCUT2D eigenvalue weighted by Gasteiger charge is -2.37. The van der Waals surface area contributed by atoms with Crippen molar-refractivity contribution in [1.29, 1.82) is 0 Å². The molecule has 1 heterocycles. The maximum absolute atomic E-state index is 13.4. The number of amides is 1. The largest absolute Gasteiger partial charge is 0.426 e. The number of aryl methyl sites for hydroxylation is 3. The Labute approximate surface area is 185 Å². The summed E-state index contributed by atoms with van der Waals surface area (Å²) in [5.74, 6) is -0.171. The Morgan fingerprint density at radius 1 is 1.13 bits per heavy atom. The van der Waals surface area contributed by atoms with Crippen molar-refractivity contribution in [2.75, 3.05) is 20.3 Å². The average Bonchev–Trinajstić information content (AvgIpc) is 3.02. The molecule has 1 aliphatic carbocycles. The highest BCUT2D eigenvalue weighted by Crippen LogP contribution is 2.45. The van der Waals surface area contributed by atoms with Gasteiger partial charge in [-0.25, -0.2) is 4.79 Å². The number of methoxy groups -OCH3 is 1. The second-order valence-electron chi connectivity index (χ2n) is 8.45. The van der Waals surface area contributed by atoms with Gasteiger partial charge in [0.2, 0.25) is 0 Å². The van der Waals surface area contributed by atoms with Crippen LogP contribution in [-0.4, -0.2) is 43.8 Å². The van der Waals surface area contributed by atoms with Gasteiger partial charge >= 0.3 is 5.97 Å². The Hall–Kier alpha value is -2.18. The van der Waals surface area contributed by atoms with Crippen molar-refractivity contribution in [1.82, 2.24) is 5.32 Å². The Balaban J connectivity index is 2.15. The first kappa shape index (κ1) is 23.5. The Bertz CT molecular complexity index is 840. The summed E-state index contributed by atoms with van der Waals surface area (Å²) in [4.78, 5) is 26.0. The number of carbonyl (C=O) groups is 2. The van der Waals surface area contributed by atoms with Crippen molar-refractivity contribution in [2.24, 2.45) is 0 Å². The Morgan fingerprint density at radius 2 is 1.74 bits per heavy atom. The number of esters is 1. The molecule has 0 saturated heterocycles. The minimum atomic E-state index is -0.676. The Kier molecular flexibility index (Phi) is 7.55. The average molecular weight is 430 g/mol. The van der Waals surface area contributed by atoms with Gasteiger partial charge in [-0.3, -0.25) is 4.79 Å². The molecule has 0 unspecified atom stereocenters. The van der Waals surface area contributed by atoms with Crippen molar-refractivity contribution in [3.8, 4) is 0 Å². The first-order chi connectivity index (χ1) is 14.9. The third-order valence-corrected chi connectivity index (χ3v) is 6.46. The fourth-order valence-corrected chi connectivity index (χ4v) is 4.88. The number of benzene rings is 1. The van der Waals surface area contributed by atoms with Crippen molar-refractivity contribution in [3.63, 3.8) is 0 Å². The monoisotopic (exact) mass is 429 g/mol. The highest BCUT2D eigenvalue weighted by molar-refractivity contribution is 6.24. The number of ether oxygens (including phenoxy) is 3. The topological polar surface area (TPSA) is 73.9 Å². The number of hydrogen-bond acceptors (Lipinski definition) is 5. The third kappa shape index (κ3) is 4.70. The van der Waals surface area contributed by atoms with Crippen molar-refractivity contribution >= 4 is 17.4 Å². The molecule has 31 heavy (non-hydrogen) atoms. The second-order valence-corrected chi connectivity index (χ2v) is 8.45.